The number of thioether (sulfide) groups is 1. The molecule has 1 amide bonds. The van der Waals surface area contributed by atoms with E-state index in [9.17, 15) is 27.2 Å². The van der Waals surface area contributed by atoms with Gasteiger partial charge in [-0.1, -0.05) is 13.5 Å². The van der Waals surface area contributed by atoms with E-state index >= 15 is 4.39 Å². The summed E-state index contributed by atoms with van der Waals surface area (Å²) in [6, 6.07) is 2.36. The van der Waals surface area contributed by atoms with Gasteiger partial charge in [-0.3, -0.25) is 14.3 Å². The Balaban J connectivity index is 1.57. The lowest BCUT2D eigenvalue weighted by atomic mass is 9.95. The average Bonchev–Trinajstić information content (AvgIpc) is 3.02. The Bertz CT molecular complexity index is 1760. The highest BCUT2D eigenvalue weighted by Gasteiger charge is 2.41. The number of piperazine rings is 2. The highest BCUT2D eigenvalue weighted by atomic mass is 32.2. The van der Waals surface area contributed by atoms with Crippen molar-refractivity contribution in [2.24, 2.45) is 0 Å². The Morgan fingerprint density at radius 1 is 1.06 bits per heavy atom. The Labute approximate surface area is 273 Å². The molecule has 0 unspecified atom stereocenters. The summed E-state index contributed by atoms with van der Waals surface area (Å²) in [5.41, 5.74) is -2.27. The van der Waals surface area contributed by atoms with Gasteiger partial charge in [0, 0.05) is 91.1 Å². The van der Waals surface area contributed by atoms with E-state index in [1.54, 1.807) is 9.80 Å². The highest BCUT2D eigenvalue weighted by molar-refractivity contribution is 7.99. The van der Waals surface area contributed by atoms with Crippen molar-refractivity contribution in [1.29, 1.82) is 0 Å². The molecule has 2 saturated heterocycles. The van der Waals surface area contributed by atoms with Gasteiger partial charge in [0.05, 0.1) is 17.1 Å². The van der Waals surface area contributed by atoms with E-state index in [-0.39, 0.29) is 58.4 Å². The number of halogens is 5. The van der Waals surface area contributed by atoms with Gasteiger partial charge in [-0.05, 0) is 44.7 Å². The summed E-state index contributed by atoms with van der Waals surface area (Å²) in [5.74, 6) is -1.95. The first-order valence-electron chi connectivity index (χ1n) is 15.7. The zero-order chi connectivity index (χ0) is 33.8. The van der Waals surface area contributed by atoms with Crippen LogP contribution >= 0.6 is 11.8 Å². The van der Waals surface area contributed by atoms with Crippen LogP contribution in [0.15, 0.2) is 46.6 Å². The average molecular weight is 677 g/mol. The summed E-state index contributed by atoms with van der Waals surface area (Å²) in [4.78, 5) is 39.2. The van der Waals surface area contributed by atoms with Gasteiger partial charge in [0.15, 0.2) is 0 Å². The molecule has 0 spiro atoms. The molecule has 0 N–H and O–H groups in total. The van der Waals surface area contributed by atoms with Crippen LogP contribution in [-0.4, -0.2) is 100 Å². The lowest BCUT2D eigenvalue weighted by Gasteiger charge is -2.45. The lowest BCUT2D eigenvalue weighted by Crippen LogP contribution is -2.58. The van der Waals surface area contributed by atoms with Crippen molar-refractivity contribution in [2.45, 2.75) is 50.0 Å². The fraction of sp³-hybridized carbons (Fsp3) is 0.485. The number of nitrogens with zero attached hydrogens (tertiary/aromatic N) is 6. The van der Waals surface area contributed by atoms with E-state index in [1.807, 2.05) is 13.8 Å². The summed E-state index contributed by atoms with van der Waals surface area (Å²) < 4.78 is 75.5. The number of anilines is 1. The Hall–Kier alpha value is -3.49. The zero-order valence-electron chi connectivity index (χ0n) is 26.5. The van der Waals surface area contributed by atoms with Crippen LogP contribution in [0.25, 0.3) is 22.0 Å². The maximum Gasteiger partial charge on any atom is 0.417 e. The van der Waals surface area contributed by atoms with Crippen LogP contribution in [0.3, 0.4) is 0 Å². The molecule has 3 aliphatic rings. The fourth-order valence-corrected chi connectivity index (χ4v) is 8.59. The number of aromatic nitrogens is 2. The number of carbonyl (C=O) groups excluding carboxylic acids is 1. The standard InChI is InChI=1S/C33H37F5N6O2S/c1-5-27(45)43-19(3)15-42(16-20(43)4)31-24-14-25(33(36,37)38)28(23-8-7-21(34)13-26(23)35)30-29(24)44(32(46)39-31)22(18-47-30)17-41-11-9-40(6-2)10-12-41/h5,7-8,13-14,19-20,22H,1,6,9-12,15-18H2,2-4H3/t19-,20+,22-/m0/s1. The van der Waals surface area contributed by atoms with Crippen LogP contribution in [0.2, 0.25) is 0 Å². The summed E-state index contributed by atoms with van der Waals surface area (Å²) in [5, 5.41) is 0.120. The van der Waals surface area contributed by atoms with Crippen LogP contribution in [-0.2, 0) is 11.0 Å². The second-order valence-corrected chi connectivity index (χ2v) is 13.5. The highest BCUT2D eigenvalue weighted by Crippen LogP contribution is 2.50. The van der Waals surface area contributed by atoms with Crippen LogP contribution < -0.4 is 10.6 Å². The van der Waals surface area contributed by atoms with Crippen LogP contribution in [0.4, 0.5) is 27.8 Å². The summed E-state index contributed by atoms with van der Waals surface area (Å²) in [7, 11) is 0. The number of carbonyl (C=O) groups is 1. The predicted octanol–water partition coefficient (Wildman–Crippen LogP) is 5.26. The molecule has 2 aromatic carbocycles. The number of amides is 1. The van der Waals surface area contributed by atoms with Crippen LogP contribution in [0.1, 0.15) is 32.4 Å². The topological polar surface area (TPSA) is 64.9 Å². The number of likely N-dealkylation sites (N-methyl/N-ethyl adjacent to an activating group) is 1. The molecule has 3 aliphatic heterocycles. The minimum Gasteiger partial charge on any atom is -0.352 e. The molecular formula is C33H37F5N6O2S. The normalized spacial score (nSPS) is 22.6. The van der Waals surface area contributed by atoms with Gasteiger partial charge in [-0.15, -0.1) is 11.8 Å². The quantitative estimate of drug-likeness (QED) is 0.261. The van der Waals surface area contributed by atoms with Crippen molar-refractivity contribution in [1.82, 2.24) is 24.3 Å². The minimum atomic E-state index is -4.91. The molecule has 2 fully saturated rings. The SMILES string of the molecule is C=CC(=O)N1[C@H](C)CN(c2nc(=O)n3c4c(c(-c5ccc(F)cc5F)c(C(F)(F)F)cc24)SC[C@@H]3CN2CCN(CC)CC2)C[C@@H]1C. The maximum absolute atomic E-state index is 15.3. The molecule has 0 bridgehead atoms. The fourth-order valence-electron chi connectivity index (χ4n) is 7.27. The molecule has 1 aromatic heterocycles. The first-order chi connectivity index (χ1) is 22.3. The molecule has 6 rings (SSSR count). The molecule has 4 heterocycles. The second kappa shape index (κ2) is 12.8. The Morgan fingerprint density at radius 3 is 2.32 bits per heavy atom. The third kappa shape index (κ3) is 6.15. The number of hydrogen-bond donors (Lipinski definition) is 0. The van der Waals surface area contributed by atoms with Gasteiger partial charge in [-0.2, -0.15) is 18.2 Å². The summed E-state index contributed by atoms with van der Waals surface area (Å²) in [6.07, 6.45) is -3.69. The van der Waals surface area contributed by atoms with E-state index < -0.39 is 46.2 Å². The molecular weight excluding hydrogens is 639 g/mol. The van der Waals surface area contributed by atoms with Gasteiger partial charge < -0.3 is 14.7 Å². The van der Waals surface area contributed by atoms with Gasteiger partial charge in [0.25, 0.3) is 0 Å². The number of benzene rings is 2. The maximum atomic E-state index is 15.3. The summed E-state index contributed by atoms with van der Waals surface area (Å²) in [6.45, 7) is 14.5. The second-order valence-electron chi connectivity index (χ2n) is 12.5. The van der Waals surface area contributed by atoms with Gasteiger partial charge in [0.2, 0.25) is 5.91 Å². The van der Waals surface area contributed by atoms with E-state index in [1.165, 1.54) is 10.6 Å². The van der Waals surface area contributed by atoms with Crippen molar-refractivity contribution in [3.8, 4) is 11.1 Å². The number of hydrogen-bond acceptors (Lipinski definition) is 7. The minimum absolute atomic E-state index is 0.0846. The third-order valence-electron chi connectivity index (χ3n) is 9.46. The molecule has 0 aliphatic carbocycles. The Kier molecular flexibility index (Phi) is 9.13. The van der Waals surface area contributed by atoms with E-state index in [0.29, 0.717) is 12.6 Å². The number of rotatable bonds is 6. The van der Waals surface area contributed by atoms with E-state index in [0.717, 1.165) is 62.7 Å². The third-order valence-corrected chi connectivity index (χ3v) is 10.7. The molecule has 47 heavy (non-hydrogen) atoms. The Morgan fingerprint density at radius 2 is 1.72 bits per heavy atom. The molecule has 0 radical (unpaired) electrons. The predicted molar refractivity (Wildman–Crippen MR) is 173 cm³/mol. The largest absolute Gasteiger partial charge is 0.417 e. The van der Waals surface area contributed by atoms with Crippen molar-refractivity contribution in [3.63, 3.8) is 0 Å². The monoisotopic (exact) mass is 676 g/mol. The van der Waals surface area contributed by atoms with Gasteiger partial charge in [-0.25, -0.2) is 13.6 Å². The molecule has 252 valence electrons. The van der Waals surface area contributed by atoms with Crippen molar-refractivity contribution in [2.75, 3.05) is 63.0 Å². The van der Waals surface area contributed by atoms with E-state index in [2.05, 4.69) is 28.3 Å². The first-order valence-corrected chi connectivity index (χ1v) is 16.7. The smallest absolute Gasteiger partial charge is 0.352 e. The lowest BCUT2D eigenvalue weighted by molar-refractivity contribution is -0.137. The van der Waals surface area contributed by atoms with Gasteiger partial charge in [0.1, 0.15) is 17.5 Å². The molecule has 14 heteroatoms. The molecule has 8 nitrogen and oxygen atoms in total. The van der Waals surface area contributed by atoms with Crippen molar-refractivity contribution < 1.29 is 26.7 Å². The molecule has 0 saturated carbocycles. The zero-order valence-corrected chi connectivity index (χ0v) is 27.3. The van der Waals surface area contributed by atoms with Crippen LogP contribution in [0, 0.1) is 11.6 Å². The molecule has 3 atom stereocenters. The van der Waals surface area contributed by atoms with Gasteiger partial charge >= 0.3 is 11.9 Å². The van der Waals surface area contributed by atoms with Crippen LogP contribution in [0.5, 0.6) is 0 Å². The van der Waals surface area contributed by atoms with Crippen molar-refractivity contribution in [3.05, 3.63) is 64.6 Å². The summed E-state index contributed by atoms with van der Waals surface area (Å²) >= 11 is 1.15. The first kappa shape index (κ1) is 33.4. The molecule has 3 aromatic rings. The van der Waals surface area contributed by atoms with Crippen molar-refractivity contribution >= 4 is 34.4 Å². The number of alkyl halides is 3. The van der Waals surface area contributed by atoms with E-state index in [4.69, 9.17) is 0 Å².